The number of nitrogens with zero attached hydrogens (tertiary/aromatic N) is 4. The average Bonchev–Trinajstić information content (AvgIpc) is 3.04. The number of rotatable bonds is 13. The molecule has 1 saturated carbocycles. The number of amides is 1. The first-order chi connectivity index (χ1) is 21.3. The van der Waals surface area contributed by atoms with Gasteiger partial charge >= 0.3 is 0 Å². The second-order valence-corrected chi connectivity index (χ2v) is 13.3. The van der Waals surface area contributed by atoms with Crippen LogP contribution in [0.5, 0.6) is 0 Å². The Balaban J connectivity index is 1.22. The second-order valence-electron chi connectivity index (χ2n) is 13.3. The van der Waals surface area contributed by atoms with E-state index in [9.17, 15) is 13.6 Å². The van der Waals surface area contributed by atoms with Crippen molar-refractivity contribution in [1.29, 1.82) is 0 Å². The van der Waals surface area contributed by atoms with Crippen LogP contribution in [-0.4, -0.2) is 90.4 Å². The number of hydrogen-bond donors (Lipinski definition) is 2. The van der Waals surface area contributed by atoms with Crippen molar-refractivity contribution in [2.75, 3.05) is 52.9 Å². The number of alkyl halides is 2. The Morgan fingerprint density at radius 3 is 2.68 bits per heavy atom. The number of pyridine rings is 1. The highest BCUT2D eigenvalue weighted by molar-refractivity contribution is 5.79. The maximum atomic E-state index is 13.7. The van der Waals surface area contributed by atoms with Crippen molar-refractivity contribution < 1.29 is 13.6 Å². The van der Waals surface area contributed by atoms with Crippen LogP contribution < -0.4 is 11.1 Å². The number of likely N-dealkylation sites (N-methyl/N-ethyl adjacent to an activating group) is 1. The van der Waals surface area contributed by atoms with Crippen LogP contribution in [0.2, 0.25) is 0 Å². The SMILES string of the molecule is CN1CCN(CC[C@@H](NC(=O)C2CCC(F)(F)CC2)c2ccccc2)C[C@@H]1CN(CCCCN)C1CCCc2cccnc21. The van der Waals surface area contributed by atoms with E-state index in [0.717, 1.165) is 83.5 Å². The lowest BCUT2D eigenvalue weighted by molar-refractivity contribution is -0.130. The Hall–Kier alpha value is -2.46. The van der Waals surface area contributed by atoms with Gasteiger partial charge in [0, 0.05) is 63.7 Å². The van der Waals surface area contributed by atoms with E-state index in [1.807, 2.05) is 24.4 Å². The van der Waals surface area contributed by atoms with Gasteiger partial charge in [0.25, 0.3) is 0 Å². The maximum absolute atomic E-state index is 13.7. The molecule has 5 rings (SSSR count). The monoisotopic (exact) mass is 610 g/mol. The van der Waals surface area contributed by atoms with Crippen molar-refractivity contribution in [3.8, 4) is 0 Å². The van der Waals surface area contributed by atoms with Gasteiger partial charge in [-0.1, -0.05) is 36.4 Å². The Kier molecular flexibility index (Phi) is 11.7. The summed E-state index contributed by atoms with van der Waals surface area (Å²) in [7, 11) is 2.24. The summed E-state index contributed by atoms with van der Waals surface area (Å²) in [5.74, 6) is -3.05. The smallest absolute Gasteiger partial charge is 0.248 e. The van der Waals surface area contributed by atoms with E-state index in [4.69, 9.17) is 10.7 Å². The highest BCUT2D eigenvalue weighted by Crippen LogP contribution is 2.37. The topological polar surface area (TPSA) is 77.7 Å². The van der Waals surface area contributed by atoms with Crippen LogP contribution >= 0.6 is 0 Å². The fraction of sp³-hybridized carbons (Fsp3) is 0.657. The van der Waals surface area contributed by atoms with E-state index in [0.29, 0.717) is 12.1 Å². The summed E-state index contributed by atoms with van der Waals surface area (Å²) in [6.45, 7) is 6.56. The van der Waals surface area contributed by atoms with Crippen LogP contribution in [0, 0.1) is 5.92 Å². The van der Waals surface area contributed by atoms with Gasteiger partial charge in [-0.25, -0.2) is 8.78 Å². The number of halogens is 2. The zero-order valence-electron chi connectivity index (χ0n) is 26.5. The van der Waals surface area contributed by atoms with Gasteiger partial charge in [-0.05, 0) is 88.7 Å². The molecular formula is C35H52F2N6O. The number of nitrogens with one attached hydrogen (secondary N) is 1. The van der Waals surface area contributed by atoms with Gasteiger partial charge in [0.2, 0.25) is 11.8 Å². The van der Waals surface area contributed by atoms with Crippen molar-refractivity contribution in [2.45, 2.75) is 88.3 Å². The lowest BCUT2D eigenvalue weighted by Gasteiger charge is -2.44. The van der Waals surface area contributed by atoms with Crippen LogP contribution in [-0.2, 0) is 11.2 Å². The third-order valence-corrected chi connectivity index (χ3v) is 10.2. The van der Waals surface area contributed by atoms with Crippen LogP contribution in [0.4, 0.5) is 8.78 Å². The predicted octanol–water partition coefficient (Wildman–Crippen LogP) is 5.19. The molecule has 2 aliphatic carbocycles. The van der Waals surface area contributed by atoms with Crippen LogP contribution in [0.3, 0.4) is 0 Å². The van der Waals surface area contributed by atoms with Crippen molar-refractivity contribution in [3.05, 3.63) is 65.5 Å². The van der Waals surface area contributed by atoms with Gasteiger partial charge in [0.1, 0.15) is 0 Å². The molecule has 7 nitrogen and oxygen atoms in total. The first kappa shape index (κ1) is 32.9. The molecule has 0 radical (unpaired) electrons. The molecule has 0 spiro atoms. The molecule has 9 heteroatoms. The summed E-state index contributed by atoms with van der Waals surface area (Å²) in [5, 5.41) is 3.26. The van der Waals surface area contributed by atoms with Crippen molar-refractivity contribution in [3.63, 3.8) is 0 Å². The van der Waals surface area contributed by atoms with E-state index < -0.39 is 5.92 Å². The first-order valence-electron chi connectivity index (χ1n) is 16.9. The Bertz CT molecular complexity index is 1170. The number of nitrogens with two attached hydrogens (primary N) is 1. The number of carbonyl (C=O) groups is 1. The number of benzene rings is 1. The van der Waals surface area contributed by atoms with Crippen LogP contribution in [0.25, 0.3) is 0 Å². The molecule has 3 N–H and O–H groups in total. The second kappa shape index (κ2) is 15.7. The minimum absolute atomic E-state index is 0.0832. The van der Waals surface area contributed by atoms with Gasteiger partial charge in [0.05, 0.1) is 17.8 Å². The quantitative estimate of drug-likeness (QED) is 0.304. The van der Waals surface area contributed by atoms with E-state index >= 15 is 0 Å². The van der Waals surface area contributed by atoms with Gasteiger partial charge in [0.15, 0.2) is 0 Å². The lowest BCUT2D eigenvalue weighted by Crippen LogP contribution is -2.56. The predicted molar refractivity (Wildman–Crippen MR) is 171 cm³/mol. The number of fused-ring (bicyclic) bond motifs is 1. The van der Waals surface area contributed by atoms with E-state index in [2.05, 4.69) is 51.3 Å². The number of aromatic nitrogens is 1. The third-order valence-electron chi connectivity index (χ3n) is 10.2. The molecule has 1 saturated heterocycles. The van der Waals surface area contributed by atoms with E-state index in [1.165, 1.54) is 17.7 Å². The molecule has 3 atom stereocenters. The summed E-state index contributed by atoms with van der Waals surface area (Å²) in [4.78, 5) is 25.8. The molecule has 242 valence electrons. The van der Waals surface area contributed by atoms with E-state index in [-0.39, 0.29) is 43.6 Å². The van der Waals surface area contributed by atoms with Crippen LogP contribution in [0.15, 0.2) is 48.7 Å². The number of unbranched alkanes of at least 4 members (excludes halogenated alkanes) is 1. The summed E-state index contributed by atoms with van der Waals surface area (Å²) in [6, 6.07) is 15.0. The zero-order valence-corrected chi connectivity index (χ0v) is 26.5. The molecule has 1 unspecified atom stereocenters. The standard InChI is InChI=1S/C35H52F2N6O/c1-41-23-24-42(22-16-31(27-9-3-2-4-10-27)40-34(44)29-14-17-35(36,37)18-15-29)25-30(41)26-43(21-6-5-19-38)32-13-7-11-28-12-8-20-39-33(28)32/h2-4,8-10,12,20,29-32H,5-7,11,13-19,21-26,38H2,1H3,(H,40,44)/t30-,31-,32?/m1/s1. The number of hydrogen-bond acceptors (Lipinski definition) is 6. The molecule has 1 aromatic carbocycles. The van der Waals surface area contributed by atoms with Crippen molar-refractivity contribution >= 4 is 5.91 Å². The lowest BCUT2D eigenvalue weighted by atomic mass is 9.86. The van der Waals surface area contributed by atoms with Gasteiger partial charge in [-0.2, -0.15) is 0 Å². The van der Waals surface area contributed by atoms with Gasteiger partial charge in [-0.3, -0.25) is 19.6 Å². The van der Waals surface area contributed by atoms with Gasteiger partial charge in [-0.15, -0.1) is 0 Å². The number of carbonyl (C=O) groups excluding carboxylic acids is 1. The third kappa shape index (κ3) is 8.83. The largest absolute Gasteiger partial charge is 0.349 e. The fourth-order valence-electron chi connectivity index (χ4n) is 7.37. The molecule has 44 heavy (non-hydrogen) atoms. The molecule has 2 heterocycles. The first-order valence-corrected chi connectivity index (χ1v) is 16.9. The van der Waals surface area contributed by atoms with E-state index in [1.54, 1.807) is 0 Å². The fourth-order valence-corrected chi connectivity index (χ4v) is 7.37. The molecule has 3 aliphatic rings. The molecule has 1 aliphatic heterocycles. The highest BCUT2D eigenvalue weighted by Gasteiger charge is 2.38. The minimum Gasteiger partial charge on any atom is -0.349 e. The van der Waals surface area contributed by atoms with Crippen LogP contribution in [0.1, 0.15) is 86.7 Å². The molecule has 2 aromatic rings. The summed E-state index contributed by atoms with van der Waals surface area (Å²) < 4.78 is 27.5. The molecular weight excluding hydrogens is 558 g/mol. The van der Waals surface area contributed by atoms with Gasteiger partial charge < -0.3 is 16.0 Å². The normalized spacial score (nSPS) is 23.8. The van der Waals surface area contributed by atoms with Crippen molar-refractivity contribution in [2.24, 2.45) is 11.7 Å². The molecule has 1 amide bonds. The molecule has 0 bridgehead atoms. The Labute approximate surface area is 262 Å². The Morgan fingerprint density at radius 2 is 1.91 bits per heavy atom. The number of piperazine rings is 1. The highest BCUT2D eigenvalue weighted by atomic mass is 19.3. The summed E-state index contributed by atoms with van der Waals surface area (Å²) in [6.07, 6.45) is 8.40. The summed E-state index contributed by atoms with van der Waals surface area (Å²) >= 11 is 0. The average molecular weight is 611 g/mol. The minimum atomic E-state index is -2.63. The zero-order chi connectivity index (χ0) is 30.9. The maximum Gasteiger partial charge on any atom is 0.248 e. The molecule has 2 fully saturated rings. The van der Waals surface area contributed by atoms with Crippen molar-refractivity contribution in [1.82, 2.24) is 25.0 Å². The number of aryl methyl sites for hydroxylation is 1. The summed E-state index contributed by atoms with van der Waals surface area (Å²) in [5.41, 5.74) is 9.59. The Morgan fingerprint density at radius 1 is 1.11 bits per heavy atom. The molecule has 1 aromatic heterocycles.